The van der Waals surface area contributed by atoms with E-state index in [-0.39, 0.29) is 18.1 Å². The van der Waals surface area contributed by atoms with Gasteiger partial charge in [0.15, 0.2) is 0 Å². The second-order valence-corrected chi connectivity index (χ2v) is 6.67. The zero-order chi connectivity index (χ0) is 16.7. The van der Waals surface area contributed by atoms with Crippen molar-refractivity contribution in [1.29, 1.82) is 0 Å². The third-order valence-electron chi connectivity index (χ3n) is 4.81. The number of amides is 2. The molecule has 2 atom stereocenters. The van der Waals surface area contributed by atoms with Gasteiger partial charge in [-0.3, -0.25) is 0 Å². The van der Waals surface area contributed by atoms with Gasteiger partial charge in [-0.2, -0.15) is 0 Å². The number of nitrogens with one attached hydrogen (secondary N) is 1. The molecule has 6 nitrogen and oxygen atoms in total. The number of piperazine rings is 1. The number of rotatable bonds is 2. The molecule has 1 aromatic heterocycles. The highest BCUT2D eigenvalue weighted by Crippen LogP contribution is 2.34. The number of anilines is 2. The highest BCUT2D eigenvalue weighted by Gasteiger charge is 2.47. The number of carbonyl (C=O) groups excluding carboxylic acids is 1. The normalized spacial score (nSPS) is 22.1. The average molecular weight is 323 g/mol. The van der Waals surface area contributed by atoms with Gasteiger partial charge < -0.3 is 15.1 Å². The Kier molecular flexibility index (Phi) is 3.59. The Hall–Kier alpha value is -2.63. The summed E-state index contributed by atoms with van der Waals surface area (Å²) in [4.78, 5) is 25.3. The van der Waals surface area contributed by atoms with E-state index in [1.807, 2.05) is 49.1 Å². The summed E-state index contributed by atoms with van der Waals surface area (Å²) in [7, 11) is 0. The Labute approximate surface area is 141 Å². The lowest BCUT2D eigenvalue weighted by molar-refractivity contribution is 0.0436. The van der Waals surface area contributed by atoms with Gasteiger partial charge in [0.2, 0.25) is 0 Å². The third-order valence-corrected chi connectivity index (χ3v) is 4.81. The number of hydrogen-bond donors (Lipinski definition) is 1. The molecular weight excluding hydrogens is 302 g/mol. The summed E-state index contributed by atoms with van der Waals surface area (Å²) < 4.78 is 0. The number of benzene rings is 1. The Morgan fingerprint density at radius 3 is 2.67 bits per heavy atom. The van der Waals surface area contributed by atoms with Crippen LogP contribution in [0.4, 0.5) is 16.3 Å². The second kappa shape index (κ2) is 5.78. The number of urea groups is 1. The Balaban J connectivity index is 1.42. The third kappa shape index (κ3) is 2.68. The van der Waals surface area contributed by atoms with E-state index in [9.17, 15) is 4.79 Å². The van der Waals surface area contributed by atoms with E-state index < -0.39 is 0 Å². The summed E-state index contributed by atoms with van der Waals surface area (Å²) in [5.41, 5.74) is 2.96. The van der Waals surface area contributed by atoms with E-state index in [2.05, 4.69) is 20.2 Å². The highest BCUT2D eigenvalue weighted by molar-refractivity contribution is 5.90. The molecule has 3 saturated heterocycles. The Bertz CT molecular complexity index is 766. The van der Waals surface area contributed by atoms with E-state index in [1.165, 1.54) is 0 Å². The number of fused-ring (bicyclic) bond motifs is 2. The Morgan fingerprint density at radius 1 is 1.17 bits per heavy atom. The maximum atomic E-state index is 12.6. The van der Waals surface area contributed by atoms with Gasteiger partial charge in [0, 0.05) is 30.5 Å². The van der Waals surface area contributed by atoms with Crippen LogP contribution in [0.25, 0.3) is 0 Å². The number of nitrogens with zero attached hydrogens (tertiary/aromatic N) is 4. The van der Waals surface area contributed by atoms with Gasteiger partial charge in [-0.1, -0.05) is 12.1 Å². The van der Waals surface area contributed by atoms with Crippen LogP contribution in [0.5, 0.6) is 0 Å². The molecule has 0 spiro atoms. The predicted octanol–water partition coefficient (Wildman–Crippen LogP) is 2.59. The van der Waals surface area contributed by atoms with Gasteiger partial charge in [-0.05, 0) is 38.0 Å². The quantitative estimate of drug-likeness (QED) is 0.923. The van der Waals surface area contributed by atoms with Crippen molar-refractivity contribution in [3.63, 3.8) is 0 Å². The topological polar surface area (TPSA) is 61.4 Å². The fourth-order valence-electron chi connectivity index (χ4n) is 3.65. The number of hydrogen-bond acceptors (Lipinski definition) is 4. The van der Waals surface area contributed by atoms with Crippen molar-refractivity contribution >= 4 is 17.5 Å². The van der Waals surface area contributed by atoms with Crippen LogP contribution in [-0.2, 0) is 0 Å². The molecule has 1 N–H and O–H groups in total. The molecular formula is C18H21N5O. The van der Waals surface area contributed by atoms with E-state index in [1.54, 1.807) is 6.33 Å². The minimum Gasteiger partial charge on any atom is -0.352 e. The maximum absolute atomic E-state index is 12.6. The summed E-state index contributed by atoms with van der Waals surface area (Å²) >= 11 is 0. The van der Waals surface area contributed by atoms with E-state index >= 15 is 0 Å². The SMILES string of the molecule is Cc1cccc(NC(=O)N2C3CC2CN(c2cc(C)ncn2)C3)c1. The van der Waals surface area contributed by atoms with Crippen LogP contribution < -0.4 is 10.2 Å². The van der Waals surface area contributed by atoms with Gasteiger partial charge in [0.05, 0.1) is 12.1 Å². The molecule has 0 saturated carbocycles. The summed E-state index contributed by atoms with van der Waals surface area (Å²) in [6.45, 7) is 5.65. The smallest absolute Gasteiger partial charge is 0.322 e. The highest BCUT2D eigenvalue weighted by atomic mass is 16.2. The number of aryl methyl sites for hydroxylation is 2. The number of aromatic nitrogens is 2. The molecule has 2 amide bonds. The Morgan fingerprint density at radius 2 is 1.96 bits per heavy atom. The molecule has 3 aliphatic heterocycles. The van der Waals surface area contributed by atoms with E-state index in [0.717, 1.165) is 42.3 Å². The van der Waals surface area contributed by atoms with Crippen molar-refractivity contribution in [1.82, 2.24) is 14.9 Å². The molecule has 24 heavy (non-hydrogen) atoms. The molecule has 3 aliphatic rings. The molecule has 0 aliphatic carbocycles. The van der Waals surface area contributed by atoms with Gasteiger partial charge in [0.1, 0.15) is 12.1 Å². The first-order chi connectivity index (χ1) is 11.6. The lowest BCUT2D eigenvalue weighted by Gasteiger charge is -2.56. The van der Waals surface area contributed by atoms with Crippen LogP contribution >= 0.6 is 0 Å². The predicted molar refractivity (Wildman–Crippen MR) is 93.2 cm³/mol. The molecule has 4 heterocycles. The monoisotopic (exact) mass is 323 g/mol. The number of carbonyl (C=O) groups is 1. The standard InChI is InChI=1S/C18H21N5O/c1-12-4-3-5-14(6-12)21-18(24)23-15-8-16(23)10-22(9-15)17-7-13(2)19-11-20-17/h3-7,11,15-16H,8-10H2,1-2H3,(H,21,24). The van der Waals surface area contributed by atoms with Crippen LogP contribution in [0.2, 0.25) is 0 Å². The van der Waals surface area contributed by atoms with Gasteiger partial charge >= 0.3 is 6.03 Å². The zero-order valence-corrected chi connectivity index (χ0v) is 13.9. The van der Waals surface area contributed by atoms with Crippen LogP contribution in [0.1, 0.15) is 17.7 Å². The minimum absolute atomic E-state index is 0.000341. The van der Waals surface area contributed by atoms with Crippen molar-refractivity contribution in [2.75, 3.05) is 23.3 Å². The van der Waals surface area contributed by atoms with Crippen molar-refractivity contribution in [3.8, 4) is 0 Å². The maximum Gasteiger partial charge on any atom is 0.322 e. The molecule has 1 aromatic carbocycles. The molecule has 5 rings (SSSR count). The van der Waals surface area contributed by atoms with Crippen molar-refractivity contribution in [2.45, 2.75) is 32.4 Å². The first kappa shape index (κ1) is 14.9. The average Bonchev–Trinajstić information content (AvgIpc) is 2.55. The first-order valence-corrected chi connectivity index (χ1v) is 8.30. The number of piperidine rings is 1. The van der Waals surface area contributed by atoms with Crippen LogP contribution in [0.3, 0.4) is 0 Å². The molecule has 3 fully saturated rings. The molecule has 6 heteroatoms. The first-order valence-electron chi connectivity index (χ1n) is 8.30. The molecule has 2 bridgehead atoms. The van der Waals surface area contributed by atoms with Crippen LogP contribution in [0.15, 0.2) is 36.7 Å². The summed E-state index contributed by atoms with van der Waals surface area (Å²) in [6, 6.07) is 10.4. The van der Waals surface area contributed by atoms with Gasteiger partial charge in [-0.25, -0.2) is 14.8 Å². The van der Waals surface area contributed by atoms with E-state index in [4.69, 9.17) is 0 Å². The van der Waals surface area contributed by atoms with Crippen molar-refractivity contribution < 1.29 is 4.79 Å². The van der Waals surface area contributed by atoms with Crippen LogP contribution in [-0.4, -0.2) is 46.1 Å². The zero-order valence-electron chi connectivity index (χ0n) is 13.9. The molecule has 0 radical (unpaired) electrons. The summed E-state index contributed by atoms with van der Waals surface area (Å²) in [6.07, 6.45) is 2.68. The second-order valence-electron chi connectivity index (χ2n) is 6.67. The van der Waals surface area contributed by atoms with Gasteiger partial charge in [0.25, 0.3) is 0 Å². The van der Waals surface area contributed by atoms with Gasteiger partial charge in [-0.15, -0.1) is 0 Å². The van der Waals surface area contributed by atoms with Crippen LogP contribution in [0, 0.1) is 13.8 Å². The molecule has 2 unspecified atom stereocenters. The minimum atomic E-state index is 0.000341. The van der Waals surface area contributed by atoms with Crippen molar-refractivity contribution in [2.24, 2.45) is 0 Å². The summed E-state index contributed by atoms with van der Waals surface area (Å²) in [5, 5.41) is 3.02. The molecule has 2 aromatic rings. The molecule has 124 valence electrons. The van der Waals surface area contributed by atoms with E-state index in [0.29, 0.717) is 0 Å². The summed E-state index contributed by atoms with van der Waals surface area (Å²) in [5.74, 6) is 0.955. The fraction of sp³-hybridized carbons (Fsp3) is 0.389. The lowest BCUT2D eigenvalue weighted by Crippen LogP contribution is -2.71. The fourth-order valence-corrected chi connectivity index (χ4v) is 3.65. The van der Waals surface area contributed by atoms with Crippen molar-refractivity contribution in [3.05, 3.63) is 47.9 Å². The largest absolute Gasteiger partial charge is 0.352 e. The lowest BCUT2D eigenvalue weighted by atomic mass is 9.88.